The van der Waals surface area contributed by atoms with E-state index in [0.717, 1.165) is 12.1 Å². The first-order valence-electron chi connectivity index (χ1n) is 5.99. The zero-order chi connectivity index (χ0) is 16.1. The maximum Gasteiger partial charge on any atom is 0.301 e. The molecule has 0 aliphatic rings. The third-order valence-electron chi connectivity index (χ3n) is 2.71. The Bertz CT molecular complexity index is 760. The van der Waals surface area contributed by atoms with Crippen molar-refractivity contribution in [2.45, 2.75) is 0 Å². The fourth-order valence-corrected chi connectivity index (χ4v) is 1.65. The van der Waals surface area contributed by atoms with E-state index < -0.39 is 15.5 Å². The number of non-ortho nitro benzene ring substituents is 1. The van der Waals surface area contributed by atoms with Gasteiger partial charge in [0, 0.05) is 11.6 Å². The van der Waals surface area contributed by atoms with Gasteiger partial charge in [-0.15, -0.1) is 0 Å². The van der Waals surface area contributed by atoms with E-state index in [2.05, 4.69) is 10.5 Å². The zero-order valence-electron chi connectivity index (χ0n) is 11.0. The van der Waals surface area contributed by atoms with Crippen LogP contribution in [0.2, 0.25) is 0 Å². The molecule has 0 radical (unpaired) electrons. The lowest BCUT2D eigenvalue weighted by atomic mass is 10.2. The highest BCUT2D eigenvalue weighted by Gasteiger charge is 2.19. The number of hydrazone groups is 1. The zero-order valence-corrected chi connectivity index (χ0v) is 11.0. The van der Waals surface area contributed by atoms with Crippen LogP contribution >= 0.6 is 0 Å². The van der Waals surface area contributed by atoms with Gasteiger partial charge in [-0.25, -0.2) is 0 Å². The Hall–Kier alpha value is -3.49. The number of phenolic OH excluding ortho intramolecular Hbond substituents is 1. The highest BCUT2D eigenvalue weighted by atomic mass is 16.6. The molecule has 9 heteroatoms. The Morgan fingerprint density at radius 1 is 1.09 bits per heavy atom. The molecule has 0 spiro atoms. The summed E-state index contributed by atoms with van der Waals surface area (Å²) in [5.41, 5.74) is 1.99. The van der Waals surface area contributed by atoms with Crippen molar-refractivity contribution in [2.24, 2.45) is 5.10 Å². The van der Waals surface area contributed by atoms with Crippen LogP contribution in [0.5, 0.6) is 5.75 Å². The Kier molecular flexibility index (Phi) is 4.27. The number of para-hydroxylation sites is 1. The molecule has 112 valence electrons. The molecule has 0 unspecified atom stereocenters. The summed E-state index contributed by atoms with van der Waals surface area (Å²) < 4.78 is 0. The van der Waals surface area contributed by atoms with Crippen LogP contribution in [0, 0.1) is 20.2 Å². The summed E-state index contributed by atoms with van der Waals surface area (Å²) in [6.07, 6.45) is 1.28. The molecule has 0 aliphatic heterocycles. The molecular formula is C13H10N4O5. The molecule has 9 nitrogen and oxygen atoms in total. The van der Waals surface area contributed by atoms with Gasteiger partial charge in [-0.1, -0.05) is 12.1 Å². The summed E-state index contributed by atoms with van der Waals surface area (Å²) in [4.78, 5) is 20.1. The smallest absolute Gasteiger partial charge is 0.301 e. The lowest BCUT2D eigenvalue weighted by Crippen LogP contribution is -1.98. The van der Waals surface area contributed by atoms with Crippen molar-refractivity contribution < 1.29 is 15.0 Å². The lowest BCUT2D eigenvalue weighted by Gasteiger charge is -2.02. The molecule has 2 aromatic carbocycles. The van der Waals surface area contributed by atoms with Gasteiger partial charge in [0.25, 0.3) is 5.69 Å². The van der Waals surface area contributed by atoms with Gasteiger partial charge in [-0.3, -0.25) is 25.7 Å². The van der Waals surface area contributed by atoms with Crippen LogP contribution in [-0.2, 0) is 0 Å². The quantitative estimate of drug-likeness (QED) is 0.496. The average molecular weight is 302 g/mol. The number of phenols is 1. The van der Waals surface area contributed by atoms with Gasteiger partial charge < -0.3 is 5.11 Å². The predicted octanol–water partition coefficient (Wildman–Crippen LogP) is 2.65. The molecule has 22 heavy (non-hydrogen) atoms. The van der Waals surface area contributed by atoms with E-state index in [9.17, 15) is 25.3 Å². The number of rotatable bonds is 5. The SMILES string of the molecule is O=[N+]([O-])c1ccc(NN=Cc2ccccc2O)c([N+](=O)[O-])c1. The van der Waals surface area contributed by atoms with Crippen LogP contribution < -0.4 is 5.43 Å². The monoisotopic (exact) mass is 302 g/mol. The Morgan fingerprint density at radius 2 is 1.82 bits per heavy atom. The third kappa shape index (κ3) is 3.33. The van der Waals surface area contributed by atoms with Gasteiger partial charge in [-0.05, 0) is 18.2 Å². The van der Waals surface area contributed by atoms with Crippen molar-refractivity contribution in [3.05, 3.63) is 68.3 Å². The topological polar surface area (TPSA) is 131 Å². The Morgan fingerprint density at radius 3 is 2.45 bits per heavy atom. The molecule has 0 amide bonds. The molecule has 2 rings (SSSR count). The molecule has 0 atom stereocenters. The first-order valence-corrected chi connectivity index (χ1v) is 5.99. The minimum atomic E-state index is -0.745. The molecule has 0 fully saturated rings. The number of anilines is 1. The number of nitrogens with one attached hydrogen (secondary N) is 1. The van der Waals surface area contributed by atoms with Crippen LogP contribution in [0.3, 0.4) is 0 Å². The molecule has 0 saturated heterocycles. The number of nitrogens with zero attached hydrogens (tertiary/aromatic N) is 3. The summed E-state index contributed by atoms with van der Waals surface area (Å²) in [5.74, 6) is 0.00579. The summed E-state index contributed by atoms with van der Waals surface area (Å²) in [6, 6.07) is 9.57. The average Bonchev–Trinajstić information content (AvgIpc) is 2.49. The number of nitro benzene ring substituents is 2. The van der Waals surface area contributed by atoms with Gasteiger partial charge >= 0.3 is 5.69 Å². The largest absolute Gasteiger partial charge is 0.507 e. The van der Waals surface area contributed by atoms with E-state index in [-0.39, 0.29) is 17.1 Å². The Labute approximate surface area is 123 Å². The van der Waals surface area contributed by atoms with E-state index >= 15 is 0 Å². The van der Waals surface area contributed by atoms with Crippen LogP contribution in [0.4, 0.5) is 17.1 Å². The number of nitro groups is 2. The highest BCUT2D eigenvalue weighted by Crippen LogP contribution is 2.28. The van der Waals surface area contributed by atoms with E-state index in [4.69, 9.17) is 0 Å². The Balaban J connectivity index is 2.24. The van der Waals surface area contributed by atoms with Crippen LogP contribution in [0.15, 0.2) is 47.6 Å². The van der Waals surface area contributed by atoms with Crippen molar-refractivity contribution in [3.8, 4) is 5.75 Å². The molecular weight excluding hydrogens is 292 g/mol. The first kappa shape index (κ1) is 14.9. The van der Waals surface area contributed by atoms with Gasteiger partial charge in [-0.2, -0.15) is 5.10 Å². The summed E-state index contributed by atoms with van der Waals surface area (Å²) >= 11 is 0. The van der Waals surface area contributed by atoms with Crippen LogP contribution in [0.1, 0.15) is 5.56 Å². The van der Waals surface area contributed by atoms with Gasteiger partial charge in [0.15, 0.2) is 0 Å². The fraction of sp³-hybridized carbons (Fsp3) is 0. The highest BCUT2D eigenvalue weighted by molar-refractivity contribution is 5.84. The molecule has 2 aromatic rings. The maximum atomic E-state index is 10.9. The number of hydrogen-bond donors (Lipinski definition) is 2. The van der Waals surface area contributed by atoms with Crippen molar-refractivity contribution in [2.75, 3.05) is 5.43 Å². The number of hydrogen-bond acceptors (Lipinski definition) is 7. The van der Waals surface area contributed by atoms with E-state index in [1.165, 1.54) is 18.3 Å². The number of benzene rings is 2. The minimum absolute atomic E-state index is 0.00210. The molecule has 0 aromatic heterocycles. The lowest BCUT2D eigenvalue weighted by molar-refractivity contribution is -0.393. The standard InChI is InChI=1S/C13H10N4O5/c18-13-4-2-1-3-9(13)8-14-15-11-6-5-10(16(19)20)7-12(11)17(21)22/h1-8,15,18H. The van der Waals surface area contributed by atoms with Crippen molar-refractivity contribution in [1.82, 2.24) is 0 Å². The second-order valence-corrected chi connectivity index (χ2v) is 4.14. The second kappa shape index (κ2) is 6.31. The fourth-order valence-electron chi connectivity index (χ4n) is 1.65. The summed E-state index contributed by atoms with van der Waals surface area (Å²) in [6.45, 7) is 0. The summed E-state index contributed by atoms with van der Waals surface area (Å²) in [5, 5.41) is 34.9. The van der Waals surface area contributed by atoms with E-state index in [0.29, 0.717) is 5.56 Å². The second-order valence-electron chi connectivity index (χ2n) is 4.14. The van der Waals surface area contributed by atoms with Gasteiger partial charge in [0.2, 0.25) is 0 Å². The maximum absolute atomic E-state index is 10.9. The normalized spacial score (nSPS) is 10.5. The molecule has 0 aliphatic carbocycles. The predicted molar refractivity (Wildman–Crippen MR) is 79.1 cm³/mol. The number of aromatic hydroxyl groups is 1. The van der Waals surface area contributed by atoms with Crippen molar-refractivity contribution >= 4 is 23.3 Å². The van der Waals surface area contributed by atoms with Crippen LogP contribution in [0.25, 0.3) is 0 Å². The minimum Gasteiger partial charge on any atom is -0.507 e. The summed E-state index contributed by atoms with van der Waals surface area (Å²) in [7, 11) is 0. The third-order valence-corrected chi connectivity index (χ3v) is 2.71. The van der Waals surface area contributed by atoms with E-state index in [1.54, 1.807) is 18.2 Å². The van der Waals surface area contributed by atoms with Crippen molar-refractivity contribution in [3.63, 3.8) is 0 Å². The van der Waals surface area contributed by atoms with Crippen LogP contribution in [-0.4, -0.2) is 21.2 Å². The first-order chi connectivity index (χ1) is 10.5. The van der Waals surface area contributed by atoms with Gasteiger partial charge in [0.1, 0.15) is 11.4 Å². The van der Waals surface area contributed by atoms with Crippen molar-refractivity contribution in [1.29, 1.82) is 0 Å². The molecule has 0 saturated carbocycles. The molecule has 2 N–H and O–H groups in total. The van der Waals surface area contributed by atoms with E-state index in [1.807, 2.05) is 0 Å². The molecule has 0 heterocycles. The molecule has 0 bridgehead atoms. The van der Waals surface area contributed by atoms with Gasteiger partial charge in [0.05, 0.1) is 22.1 Å².